The molecule has 0 radical (unpaired) electrons. The summed E-state index contributed by atoms with van der Waals surface area (Å²) in [4.78, 5) is -2.35. The van der Waals surface area contributed by atoms with Crippen LogP contribution < -0.4 is 0 Å². The Morgan fingerprint density at radius 2 is 1.61 bits per heavy atom. The summed E-state index contributed by atoms with van der Waals surface area (Å²) in [5.74, 6) is -0.590. The van der Waals surface area contributed by atoms with Crippen LogP contribution in [0.15, 0.2) is 11.1 Å². The molecule has 0 amide bonds. The molecule has 0 saturated heterocycles. The fourth-order valence-corrected chi connectivity index (χ4v) is 6.97. The first-order valence-corrected chi connectivity index (χ1v) is 8.25. The molecular weight excluding hydrogens is 404 g/mol. The zero-order valence-electron chi connectivity index (χ0n) is 8.54. The van der Waals surface area contributed by atoms with E-state index in [1.54, 1.807) is 6.08 Å². The minimum atomic E-state index is -1.44. The van der Waals surface area contributed by atoms with Crippen LogP contribution in [-0.2, 0) is 0 Å². The van der Waals surface area contributed by atoms with Gasteiger partial charge in [-0.3, -0.25) is 0 Å². The lowest BCUT2D eigenvalue weighted by molar-refractivity contribution is 0.389. The van der Waals surface area contributed by atoms with Gasteiger partial charge in [0.05, 0.1) is 5.38 Å². The van der Waals surface area contributed by atoms with E-state index in [2.05, 4.69) is 0 Å². The summed E-state index contributed by atoms with van der Waals surface area (Å²) < 4.78 is -2.55. The molecule has 3 rings (SSSR count). The van der Waals surface area contributed by atoms with Crippen LogP contribution >= 0.6 is 92.8 Å². The van der Waals surface area contributed by atoms with Crippen LogP contribution in [0.1, 0.15) is 6.42 Å². The number of hydrogen-bond donors (Lipinski definition) is 0. The second-order valence-electron chi connectivity index (χ2n) is 5.05. The van der Waals surface area contributed by atoms with E-state index in [4.69, 9.17) is 92.8 Å². The number of halogens is 8. The summed E-state index contributed by atoms with van der Waals surface area (Å²) in [5.41, 5.74) is 0. The highest BCUT2D eigenvalue weighted by molar-refractivity contribution is 6.63. The fraction of sp³-hybridized carbons (Fsp3) is 0.800. The van der Waals surface area contributed by atoms with Crippen molar-refractivity contribution in [2.45, 2.75) is 30.2 Å². The molecule has 1 unspecified atom stereocenters. The van der Waals surface area contributed by atoms with E-state index in [1.807, 2.05) is 0 Å². The lowest BCUT2D eigenvalue weighted by Gasteiger charge is -2.36. The second-order valence-corrected chi connectivity index (χ2v) is 10.0. The molecule has 0 N–H and O–H groups in total. The minimum Gasteiger partial charge on any atom is -0.119 e. The Balaban J connectivity index is 2.21. The summed E-state index contributed by atoms with van der Waals surface area (Å²) in [6.07, 6.45) is 1.97. The largest absolute Gasteiger partial charge is 0.165 e. The normalized spacial score (nSPS) is 55.6. The molecule has 18 heavy (non-hydrogen) atoms. The lowest BCUT2D eigenvalue weighted by Crippen LogP contribution is -2.48. The average molecular weight is 410 g/mol. The summed E-state index contributed by atoms with van der Waals surface area (Å²) in [6, 6.07) is 0. The third kappa shape index (κ3) is 1.36. The lowest BCUT2D eigenvalue weighted by atomic mass is 9.85. The van der Waals surface area contributed by atoms with E-state index in [1.165, 1.54) is 0 Å². The number of allylic oxidation sites excluding steroid dienone is 2. The molecule has 0 spiro atoms. The number of fused-ring (bicyclic) bond motifs is 5. The van der Waals surface area contributed by atoms with Gasteiger partial charge in [0.1, 0.15) is 14.1 Å². The predicted molar refractivity (Wildman–Crippen MR) is 81.2 cm³/mol. The van der Waals surface area contributed by atoms with Crippen LogP contribution in [0, 0.1) is 11.8 Å². The van der Waals surface area contributed by atoms with Gasteiger partial charge in [-0.25, -0.2) is 0 Å². The first-order valence-electron chi connectivity index (χ1n) is 5.16. The zero-order chi connectivity index (χ0) is 13.7. The molecule has 3 aliphatic rings. The predicted octanol–water partition coefficient (Wildman–Crippen LogP) is 5.68. The van der Waals surface area contributed by atoms with E-state index in [9.17, 15) is 0 Å². The summed E-state index contributed by atoms with van der Waals surface area (Å²) in [6.45, 7) is 0. The zero-order valence-corrected chi connectivity index (χ0v) is 14.6. The van der Waals surface area contributed by atoms with Crippen LogP contribution in [-0.4, -0.2) is 23.8 Å². The standard InChI is InChI=1S/C10H6Cl8/c11-4-2-7(13)3-1-8(14,15)6(12)5(3)9(4,16)10(7,17)18/h2-3,5-6H,1H2/t3-,5-,6?,7+,9-/m1/s1. The van der Waals surface area contributed by atoms with Gasteiger partial charge in [-0.2, -0.15) is 0 Å². The topological polar surface area (TPSA) is 0 Å². The maximum atomic E-state index is 6.60. The van der Waals surface area contributed by atoms with E-state index in [0.29, 0.717) is 11.5 Å². The maximum Gasteiger partial charge on any atom is 0.165 e. The Morgan fingerprint density at radius 1 is 1.06 bits per heavy atom. The highest BCUT2D eigenvalue weighted by Gasteiger charge is 2.83. The number of hydrogen-bond acceptors (Lipinski definition) is 0. The van der Waals surface area contributed by atoms with E-state index in [0.717, 1.165) is 0 Å². The van der Waals surface area contributed by atoms with Gasteiger partial charge in [-0.1, -0.05) is 58.0 Å². The summed E-state index contributed by atoms with van der Waals surface area (Å²) >= 11 is 50.9. The SMILES string of the molecule is ClC1=C[C@]2(Cl)[C@@H]3CC(Cl)(Cl)C(Cl)[C@@H]3[C@@]1(Cl)C2(Cl)Cl. The van der Waals surface area contributed by atoms with Gasteiger partial charge in [-0.15, -0.1) is 34.8 Å². The van der Waals surface area contributed by atoms with Crippen molar-refractivity contribution in [3.8, 4) is 0 Å². The first kappa shape index (κ1) is 15.0. The highest BCUT2D eigenvalue weighted by atomic mass is 35.5. The van der Waals surface area contributed by atoms with Gasteiger partial charge < -0.3 is 0 Å². The third-order valence-electron chi connectivity index (χ3n) is 4.27. The van der Waals surface area contributed by atoms with Crippen LogP contribution in [0.25, 0.3) is 0 Å². The number of rotatable bonds is 0. The van der Waals surface area contributed by atoms with Crippen molar-refractivity contribution in [3.05, 3.63) is 11.1 Å². The van der Waals surface area contributed by atoms with Crippen molar-refractivity contribution in [2.24, 2.45) is 11.8 Å². The quantitative estimate of drug-likeness (QED) is 0.451. The van der Waals surface area contributed by atoms with Crippen molar-refractivity contribution in [1.29, 1.82) is 0 Å². The maximum absolute atomic E-state index is 6.60. The fourth-order valence-electron chi connectivity index (χ4n) is 3.41. The molecule has 2 bridgehead atoms. The van der Waals surface area contributed by atoms with Crippen LogP contribution in [0.2, 0.25) is 0 Å². The Labute approximate surface area is 145 Å². The Kier molecular flexibility index (Phi) is 3.22. The van der Waals surface area contributed by atoms with Crippen LogP contribution in [0.4, 0.5) is 0 Å². The number of alkyl halides is 7. The molecule has 102 valence electrons. The van der Waals surface area contributed by atoms with Gasteiger partial charge >= 0.3 is 0 Å². The summed E-state index contributed by atoms with van der Waals surface area (Å²) in [7, 11) is 0. The molecule has 3 aliphatic carbocycles. The monoisotopic (exact) mass is 406 g/mol. The minimum absolute atomic E-state index is 0.216. The molecule has 0 aliphatic heterocycles. The van der Waals surface area contributed by atoms with Crippen LogP contribution in [0.5, 0.6) is 0 Å². The Bertz CT molecular complexity index is 457. The average Bonchev–Trinajstić information content (AvgIpc) is 2.59. The molecule has 0 aromatic carbocycles. The van der Waals surface area contributed by atoms with Gasteiger partial charge in [-0.05, 0) is 18.4 Å². The Morgan fingerprint density at radius 3 is 2.17 bits per heavy atom. The van der Waals surface area contributed by atoms with Crippen molar-refractivity contribution >= 4 is 92.8 Å². The first-order chi connectivity index (χ1) is 8.00. The van der Waals surface area contributed by atoms with Crippen molar-refractivity contribution < 1.29 is 0 Å². The third-order valence-corrected chi connectivity index (χ3v) is 9.44. The molecular formula is C10H6Cl8. The van der Waals surface area contributed by atoms with Gasteiger partial charge in [0, 0.05) is 11.0 Å². The molecule has 0 aromatic rings. The highest BCUT2D eigenvalue weighted by Crippen LogP contribution is 2.78. The molecule has 0 nitrogen and oxygen atoms in total. The molecule has 0 heterocycles. The van der Waals surface area contributed by atoms with Gasteiger partial charge in [0.2, 0.25) is 0 Å². The van der Waals surface area contributed by atoms with Crippen molar-refractivity contribution in [2.75, 3.05) is 0 Å². The van der Waals surface area contributed by atoms with Gasteiger partial charge in [0.15, 0.2) is 4.33 Å². The van der Waals surface area contributed by atoms with Gasteiger partial charge in [0.25, 0.3) is 0 Å². The molecule has 5 atom stereocenters. The van der Waals surface area contributed by atoms with E-state index in [-0.39, 0.29) is 11.8 Å². The van der Waals surface area contributed by atoms with E-state index >= 15 is 0 Å². The Hall–Kier alpha value is 2.06. The molecule has 2 saturated carbocycles. The summed E-state index contributed by atoms with van der Waals surface area (Å²) in [5, 5.41) is -0.314. The van der Waals surface area contributed by atoms with Crippen LogP contribution in [0.3, 0.4) is 0 Å². The molecule has 2 fully saturated rings. The smallest absolute Gasteiger partial charge is 0.119 e. The van der Waals surface area contributed by atoms with Crippen molar-refractivity contribution in [1.82, 2.24) is 0 Å². The van der Waals surface area contributed by atoms with E-state index < -0.39 is 23.8 Å². The molecule has 0 aromatic heterocycles. The molecule has 8 heteroatoms. The second kappa shape index (κ2) is 3.87. The van der Waals surface area contributed by atoms with Crippen molar-refractivity contribution in [3.63, 3.8) is 0 Å².